The van der Waals surface area contributed by atoms with Gasteiger partial charge in [-0.3, -0.25) is 19.7 Å². The van der Waals surface area contributed by atoms with Crippen molar-refractivity contribution in [3.63, 3.8) is 0 Å². The number of nitrogens with zero attached hydrogens (tertiary/aromatic N) is 2. The van der Waals surface area contributed by atoms with E-state index in [1.165, 1.54) is 31.0 Å². The Kier molecular flexibility index (Phi) is 4.79. The number of carbonyl (C=O) groups excluding carboxylic acids is 1. The summed E-state index contributed by atoms with van der Waals surface area (Å²) in [5.74, 6) is -0.0926. The van der Waals surface area contributed by atoms with E-state index in [4.69, 9.17) is 4.42 Å². The molecule has 1 aromatic heterocycles. The summed E-state index contributed by atoms with van der Waals surface area (Å²) in [6.45, 7) is 2.82. The first-order valence-electron chi connectivity index (χ1n) is 9.18. The van der Waals surface area contributed by atoms with Crippen molar-refractivity contribution in [2.75, 3.05) is 25.0 Å². The van der Waals surface area contributed by atoms with Crippen molar-refractivity contribution in [2.45, 2.75) is 19.3 Å². The van der Waals surface area contributed by atoms with Crippen LogP contribution in [-0.4, -0.2) is 35.4 Å². The lowest BCUT2D eigenvalue weighted by Crippen LogP contribution is -2.25. The van der Waals surface area contributed by atoms with Gasteiger partial charge in [-0.15, -0.1) is 0 Å². The van der Waals surface area contributed by atoms with Crippen LogP contribution in [0.25, 0.3) is 21.9 Å². The molecule has 2 heterocycles. The lowest BCUT2D eigenvalue weighted by molar-refractivity contribution is -0.384. The van der Waals surface area contributed by atoms with E-state index in [1.54, 1.807) is 18.2 Å². The number of non-ortho nitro benzene ring substituents is 1. The highest BCUT2D eigenvalue weighted by molar-refractivity contribution is 5.95. The summed E-state index contributed by atoms with van der Waals surface area (Å²) >= 11 is 0. The number of hydrogen-bond acceptors (Lipinski definition) is 6. The van der Waals surface area contributed by atoms with Crippen LogP contribution in [0.2, 0.25) is 0 Å². The Bertz CT molecular complexity index is 1130. The molecule has 1 N–H and O–H groups in total. The number of hydrogen-bond donors (Lipinski definition) is 1. The van der Waals surface area contributed by atoms with Gasteiger partial charge in [-0.05, 0) is 44.1 Å². The number of likely N-dealkylation sites (tertiary alicyclic amines) is 1. The average molecular weight is 381 g/mol. The molecule has 0 radical (unpaired) electrons. The fraction of sp³-hybridized carbons (Fsp3) is 0.300. The number of nitrogens with one attached hydrogen (secondary N) is 1. The number of nitro benzene ring substituents is 1. The monoisotopic (exact) mass is 381 g/mol. The molecule has 1 amide bonds. The summed E-state index contributed by atoms with van der Waals surface area (Å²) in [6, 6.07) is 8.72. The van der Waals surface area contributed by atoms with E-state index in [1.807, 2.05) is 0 Å². The van der Waals surface area contributed by atoms with Crippen LogP contribution in [0.15, 0.2) is 45.6 Å². The van der Waals surface area contributed by atoms with E-state index in [2.05, 4.69) is 10.2 Å². The van der Waals surface area contributed by atoms with Crippen LogP contribution < -0.4 is 10.7 Å². The van der Waals surface area contributed by atoms with Gasteiger partial charge in [0.05, 0.1) is 15.7 Å². The van der Waals surface area contributed by atoms with Crippen LogP contribution in [0, 0.1) is 10.1 Å². The summed E-state index contributed by atoms with van der Waals surface area (Å²) in [7, 11) is 0. The summed E-state index contributed by atoms with van der Waals surface area (Å²) in [6.07, 6.45) is 2.77. The quantitative estimate of drug-likeness (QED) is 0.413. The Morgan fingerprint density at radius 2 is 1.89 bits per heavy atom. The molecule has 0 unspecified atom stereocenters. The number of anilines is 1. The third-order valence-electron chi connectivity index (χ3n) is 5.00. The van der Waals surface area contributed by atoms with Crippen molar-refractivity contribution in [3.8, 4) is 0 Å². The first-order chi connectivity index (χ1) is 13.5. The second-order valence-electron chi connectivity index (χ2n) is 6.93. The van der Waals surface area contributed by atoms with Crippen molar-refractivity contribution < 1.29 is 14.1 Å². The molecule has 1 saturated heterocycles. The van der Waals surface area contributed by atoms with Gasteiger partial charge in [-0.25, -0.2) is 0 Å². The number of nitro groups is 1. The molecule has 1 aliphatic rings. The van der Waals surface area contributed by atoms with Crippen molar-refractivity contribution in [1.82, 2.24) is 4.90 Å². The van der Waals surface area contributed by atoms with Gasteiger partial charge in [-0.2, -0.15) is 0 Å². The number of amides is 1. The Morgan fingerprint density at radius 1 is 1.11 bits per heavy atom. The Labute approximate surface area is 159 Å². The largest absolute Gasteiger partial charge is 0.456 e. The van der Waals surface area contributed by atoms with Gasteiger partial charge >= 0.3 is 0 Å². The minimum Gasteiger partial charge on any atom is -0.456 e. The lowest BCUT2D eigenvalue weighted by atomic mass is 10.1. The molecule has 0 saturated carbocycles. The summed E-state index contributed by atoms with van der Waals surface area (Å²) in [5, 5.41) is 14.2. The molecule has 1 aliphatic heterocycles. The molecule has 0 bridgehead atoms. The molecular formula is C20H19N3O5. The van der Waals surface area contributed by atoms with Crippen LogP contribution in [0.5, 0.6) is 0 Å². The maximum atomic E-state index is 12.7. The van der Waals surface area contributed by atoms with E-state index in [0.29, 0.717) is 23.1 Å². The second-order valence-corrected chi connectivity index (χ2v) is 6.93. The molecule has 4 rings (SSSR count). The zero-order valence-electron chi connectivity index (χ0n) is 15.1. The molecule has 28 heavy (non-hydrogen) atoms. The highest BCUT2D eigenvalue weighted by atomic mass is 16.6. The molecule has 0 spiro atoms. The third-order valence-corrected chi connectivity index (χ3v) is 5.00. The van der Waals surface area contributed by atoms with Crippen molar-refractivity contribution in [2.24, 2.45) is 0 Å². The predicted molar refractivity (Wildman–Crippen MR) is 106 cm³/mol. The van der Waals surface area contributed by atoms with E-state index in [-0.39, 0.29) is 28.0 Å². The SMILES string of the molecule is O=C(CCN1CCCC1)Nc1ccc2c(=O)c3cc([N+](=O)[O-])ccc3oc2c1. The molecule has 0 atom stereocenters. The normalized spacial score (nSPS) is 14.6. The van der Waals surface area contributed by atoms with Crippen molar-refractivity contribution >= 4 is 39.2 Å². The predicted octanol–water partition coefficient (Wildman–Crippen LogP) is 3.28. The van der Waals surface area contributed by atoms with E-state index < -0.39 is 4.92 Å². The summed E-state index contributed by atoms with van der Waals surface area (Å²) in [5.41, 5.74) is 0.625. The van der Waals surface area contributed by atoms with Crippen LogP contribution in [0.1, 0.15) is 19.3 Å². The fourth-order valence-electron chi connectivity index (χ4n) is 3.52. The Balaban J connectivity index is 1.58. The van der Waals surface area contributed by atoms with Crippen molar-refractivity contribution in [1.29, 1.82) is 0 Å². The van der Waals surface area contributed by atoms with Crippen LogP contribution in [0.3, 0.4) is 0 Å². The molecule has 2 aromatic carbocycles. The first-order valence-corrected chi connectivity index (χ1v) is 9.18. The van der Waals surface area contributed by atoms with Gasteiger partial charge in [0, 0.05) is 36.9 Å². The van der Waals surface area contributed by atoms with E-state index in [0.717, 1.165) is 19.6 Å². The maximum Gasteiger partial charge on any atom is 0.270 e. The van der Waals surface area contributed by atoms with Gasteiger partial charge in [0.1, 0.15) is 11.2 Å². The Morgan fingerprint density at radius 3 is 2.64 bits per heavy atom. The number of rotatable bonds is 5. The smallest absolute Gasteiger partial charge is 0.270 e. The topological polar surface area (TPSA) is 106 Å². The van der Waals surface area contributed by atoms with Crippen LogP contribution in [-0.2, 0) is 4.79 Å². The number of fused-ring (bicyclic) bond motifs is 2. The minimum atomic E-state index is -0.552. The van der Waals surface area contributed by atoms with Crippen LogP contribution >= 0.6 is 0 Å². The Hall–Kier alpha value is -3.26. The van der Waals surface area contributed by atoms with Gasteiger partial charge in [0.2, 0.25) is 11.3 Å². The summed E-state index contributed by atoms with van der Waals surface area (Å²) in [4.78, 5) is 37.5. The molecule has 8 heteroatoms. The molecule has 3 aromatic rings. The standard InChI is InChI=1S/C20H19N3O5/c24-19(7-10-22-8-1-2-9-22)21-13-3-5-15-18(11-13)28-17-6-4-14(23(26)27)12-16(17)20(15)25/h3-6,11-12H,1-2,7-10H2,(H,21,24). The molecule has 8 nitrogen and oxygen atoms in total. The lowest BCUT2D eigenvalue weighted by Gasteiger charge is -2.14. The highest BCUT2D eigenvalue weighted by Crippen LogP contribution is 2.24. The van der Waals surface area contributed by atoms with Gasteiger partial charge in [-0.1, -0.05) is 0 Å². The van der Waals surface area contributed by atoms with Gasteiger partial charge in [0.15, 0.2) is 0 Å². The van der Waals surface area contributed by atoms with Gasteiger partial charge < -0.3 is 14.6 Å². The molecular weight excluding hydrogens is 362 g/mol. The minimum absolute atomic E-state index is 0.0926. The average Bonchev–Trinajstić information content (AvgIpc) is 3.20. The number of benzene rings is 2. The zero-order valence-corrected chi connectivity index (χ0v) is 15.1. The number of carbonyl (C=O) groups is 1. The molecule has 1 fully saturated rings. The first kappa shape index (κ1) is 18.1. The fourth-order valence-corrected chi connectivity index (χ4v) is 3.52. The summed E-state index contributed by atoms with van der Waals surface area (Å²) < 4.78 is 5.74. The van der Waals surface area contributed by atoms with E-state index in [9.17, 15) is 19.7 Å². The second kappa shape index (κ2) is 7.40. The molecule has 144 valence electrons. The van der Waals surface area contributed by atoms with Crippen LogP contribution in [0.4, 0.5) is 11.4 Å². The van der Waals surface area contributed by atoms with Gasteiger partial charge in [0.25, 0.3) is 5.69 Å². The highest BCUT2D eigenvalue weighted by Gasteiger charge is 2.15. The van der Waals surface area contributed by atoms with E-state index >= 15 is 0 Å². The van der Waals surface area contributed by atoms with Crippen molar-refractivity contribution in [3.05, 3.63) is 56.7 Å². The molecule has 0 aliphatic carbocycles. The third kappa shape index (κ3) is 3.59. The maximum absolute atomic E-state index is 12.7. The zero-order chi connectivity index (χ0) is 19.7.